The van der Waals surface area contributed by atoms with Gasteiger partial charge in [0.05, 0.1) is 18.4 Å². The number of amides is 1. The lowest BCUT2D eigenvalue weighted by molar-refractivity contribution is -0.114. The lowest BCUT2D eigenvalue weighted by Crippen LogP contribution is -2.35. The largest absolute Gasteiger partial charge is 0.493 e. The molecular formula is C23H22N4O5S2. The van der Waals surface area contributed by atoms with Gasteiger partial charge in [0, 0.05) is 0 Å². The number of carbonyl (C=O) groups is 1. The summed E-state index contributed by atoms with van der Waals surface area (Å²) >= 11 is 0.766. The Morgan fingerprint density at radius 3 is 2.59 bits per heavy atom. The van der Waals surface area contributed by atoms with Crippen molar-refractivity contribution >= 4 is 49.0 Å². The average Bonchev–Trinajstić information content (AvgIpc) is 3.28. The smallest absolute Gasteiger partial charge is 0.283 e. The van der Waals surface area contributed by atoms with Gasteiger partial charge in [-0.15, -0.1) is 5.10 Å². The van der Waals surface area contributed by atoms with Gasteiger partial charge in [0.1, 0.15) is 6.10 Å². The highest BCUT2D eigenvalue weighted by Gasteiger charge is 2.39. The molecule has 0 unspecified atom stereocenters. The quantitative estimate of drug-likeness (QED) is 0.601. The topological polar surface area (TPSA) is 121 Å². The van der Waals surface area contributed by atoms with E-state index in [-0.39, 0.29) is 32.8 Å². The second-order valence-corrected chi connectivity index (χ2v) is 10.8. The minimum atomic E-state index is -3.58. The number of carbonyl (C=O) groups excluding carboxylic acids is 1. The Bertz CT molecular complexity index is 1350. The summed E-state index contributed by atoms with van der Waals surface area (Å²) in [6.07, 6.45) is 1.28. The maximum absolute atomic E-state index is 12.6. The van der Waals surface area contributed by atoms with E-state index in [2.05, 4.69) is 10.1 Å². The number of nitrogens with one attached hydrogen (secondary N) is 1. The fraction of sp³-hybridized carbons (Fsp3) is 0.217. The number of benzene rings is 2. The molecule has 0 saturated carbocycles. The first-order valence-corrected chi connectivity index (χ1v) is 12.8. The molecule has 2 heterocycles. The molecule has 1 atom stereocenters. The van der Waals surface area contributed by atoms with Crippen LogP contribution in [-0.4, -0.2) is 47.6 Å². The molecule has 2 aliphatic rings. The molecule has 1 amide bonds. The highest BCUT2D eigenvalue weighted by atomic mass is 32.3. The number of fused-ring (bicyclic) bond motifs is 1. The number of nitrogens with zero attached hydrogens (tertiary/aromatic N) is 3. The number of thioether (sulfide) groups is 1. The van der Waals surface area contributed by atoms with E-state index in [0.717, 1.165) is 22.3 Å². The lowest BCUT2D eigenvalue weighted by Gasteiger charge is -2.20. The highest BCUT2D eigenvalue weighted by Crippen LogP contribution is 2.34. The van der Waals surface area contributed by atoms with E-state index in [0.29, 0.717) is 17.1 Å². The van der Waals surface area contributed by atoms with E-state index >= 15 is 0 Å². The van der Waals surface area contributed by atoms with Crippen LogP contribution in [0.1, 0.15) is 31.1 Å². The standard InChI is InChI=1S/C23H22N4O5S2/c1-4-34(29,30)23-26-27-20(24)17(21(28)25-22(27)33-23)12-15-10-11-18(19(13-15)31-3)32-14(2)16-8-6-5-7-9-16/h5-14,24H,4H2,1-3H3/b17-12-,24-20?/t14-/m0/s1. The van der Waals surface area contributed by atoms with Crippen LogP contribution in [0.3, 0.4) is 0 Å². The molecule has 4 rings (SSSR count). The predicted molar refractivity (Wildman–Crippen MR) is 133 cm³/mol. The third kappa shape index (κ3) is 4.62. The van der Waals surface area contributed by atoms with Crippen LogP contribution in [0.25, 0.3) is 6.08 Å². The van der Waals surface area contributed by atoms with E-state index in [9.17, 15) is 13.2 Å². The Morgan fingerprint density at radius 1 is 1.18 bits per heavy atom. The summed E-state index contributed by atoms with van der Waals surface area (Å²) in [6.45, 7) is 3.44. The summed E-state index contributed by atoms with van der Waals surface area (Å²) < 4.78 is 35.6. The summed E-state index contributed by atoms with van der Waals surface area (Å²) in [7, 11) is -2.07. The van der Waals surface area contributed by atoms with Crippen molar-refractivity contribution < 1.29 is 22.7 Å². The van der Waals surface area contributed by atoms with Gasteiger partial charge in [0.25, 0.3) is 5.91 Å². The number of ether oxygens (including phenoxy) is 2. The maximum Gasteiger partial charge on any atom is 0.283 e. The normalized spacial score (nSPS) is 17.9. The molecule has 0 fully saturated rings. The maximum atomic E-state index is 12.6. The summed E-state index contributed by atoms with van der Waals surface area (Å²) in [5.41, 5.74) is 1.58. The number of hydrazone groups is 1. The number of amidine groups is 2. The molecule has 0 saturated heterocycles. The minimum Gasteiger partial charge on any atom is -0.493 e. The van der Waals surface area contributed by atoms with Gasteiger partial charge in [-0.05, 0) is 48.0 Å². The third-order valence-corrected chi connectivity index (χ3v) is 8.24. The fourth-order valence-electron chi connectivity index (χ4n) is 3.24. The molecule has 1 N–H and O–H groups in total. The second-order valence-electron chi connectivity index (χ2n) is 7.37. The van der Waals surface area contributed by atoms with E-state index in [1.165, 1.54) is 20.1 Å². The van der Waals surface area contributed by atoms with Gasteiger partial charge in [-0.2, -0.15) is 10.0 Å². The van der Waals surface area contributed by atoms with Gasteiger partial charge >= 0.3 is 0 Å². The number of hydrogen-bond acceptors (Lipinski definition) is 8. The van der Waals surface area contributed by atoms with Gasteiger partial charge in [-0.1, -0.05) is 43.3 Å². The monoisotopic (exact) mass is 498 g/mol. The van der Waals surface area contributed by atoms with Gasteiger partial charge in [-0.3, -0.25) is 10.2 Å². The summed E-state index contributed by atoms with van der Waals surface area (Å²) in [6, 6.07) is 14.9. The second kappa shape index (κ2) is 9.43. The van der Waals surface area contributed by atoms with Crippen LogP contribution < -0.4 is 9.47 Å². The van der Waals surface area contributed by atoms with Gasteiger partial charge in [-0.25, -0.2) is 8.42 Å². The molecule has 2 aliphatic heterocycles. The number of aliphatic imine (C=N–C) groups is 1. The van der Waals surface area contributed by atoms with Crippen molar-refractivity contribution in [1.29, 1.82) is 5.41 Å². The van der Waals surface area contributed by atoms with Crippen molar-refractivity contribution in [1.82, 2.24) is 5.01 Å². The van der Waals surface area contributed by atoms with Crippen molar-refractivity contribution in [2.75, 3.05) is 12.9 Å². The predicted octanol–water partition coefficient (Wildman–Crippen LogP) is 3.85. The van der Waals surface area contributed by atoms with Crippen LogP contribution in [0.15, 0.2) is 64.2 Å². The molecular weight excluding hydrogens is 476 g/mol. The van der Waals surface area contributed by atoms with Crippen LogP contribution in [0, 0.1) is 5.41 Å². The fourth-order valence-corrected chi connectivity index (χ4v) is 5.41. The zero-order valence-corrected chi connectivity index (χ0v) is 20.3. The molecule has 0 aromatic heterocycles. The molecule has 176 valence electrons. The van der Waals surface area contributed by atoms with Gasteiger partial charge in [0.15, 0.2) is 17.3 Å². The van der Waals surface area contributed by atoms with Crippen LogP contribution in [-0.2, 0) is 14.6 Å². The molecule has 0 aliphatic carbocycles. The molecule has 0 bridgehead atoms. The molecule has 2 aromatic carbocycles. The average molecular weight is 499 g/mol. The molecule has 34 heavy (non-hydrogen) atoms. The van der Waals surface area contributed by atoms with E-state index < -0.39 is 15.7 Å². The first-order chi connectivity index (χ1) is 16.2. The summed E-state index contributed by atoms with van der Waals surface area (Å²) in [4.78, 5) is 16.5. The minimum absolute atomic E-state index is 0.0170. The first-order valence-electron chi connectivity index (χ1n) is 10.4. The van der Waals surface area contributed by atoms with Crippen molar-refractivity contribution in [3.05, 3.63) is 65.2 Å². The molecule has 0 spiro atoms. The Balaban J connectivity index is 1.60. The van der Waals surface area contributed by atoms with Crippen LogP contribution in [0.4, 0.5) is 0 Å². The number of rotatable bonds is 6. The first kappa shape index (κ1) is 23.7. The number of sulfone groups is 1. The lowest BCUT2D eigenvalue weighted by atomic mass is 10.1. The van der Waals surface area contributed by atoms with Crippen molar-refractivity contribution in [3.8, 4) is 11.5 Å². The van der Waals surface area contributed by atoms with Crippen LogP contribution >= 0.6 is 11.8 Å². The van der Waals surface area contributed by atoms with Crippen molar-refractivity contribution in [3.63, 3.8) is 0 Å². The number of hydrogen-bond donors (Lipinski definition) is 1. The Hall–Kier alpha value is -3.44. The van der Waals surface area contributed by atoms with Crippen LogP contribution in [0.2, 0.25) is 0 Å². The van der Waals surface area contributed by atoms with E-state index in [1.807, 2.05) is 37.3 Å². The molecule has 11 heteroatoms. The Kier molecular flexibility index (Phi) is 6.58. The molecule has 0 radical (unpaired) electrons. The van der Waals surface area contributed by atoms with E-state index in [1.54, 1.807) is 18.2 Å². The Labute approximate surface area is 201 Å². The number of methoxy groups -OCH3 is 1. The zero-order chi connectivity index (χ0) is 24.5. The van der Waals surface area contributed by atoms with Gasteiger partial charge < -0.3 is 9.47 Å². The Morgan fingerprint density at radius 2 is 1.91 bits per heavy atom. The zero-order valence-electron chi connectivity index (χ0n) is 18.7. The van der Waals surface area contributed by atoms with Crippen LogP contribution in [0.5, 0.6) is 11.5 Å². The van der Waals surface area contributed by atoms with E-state index in [4.69, 9.17) is 14.9 Å². The molecule has 9 nitrogen and oxygen atoms in total. The SMILES string of the molecule is CCS(=O)(=O)C1=NN2C(=N)/C(=C/c3ccc(O[C@@H](C)c4ccccc4)c(OC)c3)C(=O)N=C2S1. The van der Waals surface area contributed by atoms with Crippen molar-refractivity contribution in [2.45, 2.75) is 20.0 Å². The summed E-state index contributed by atoms with van der Waals surface area (Å²) in [5.74, 6) is -0.0449. The molecule has 2 aromatic rings. The van der Waals surface area contributed by atoms with Crippen molar-refractivity contribution in [2.24, 2.45) is 10.1 Å². The summed E-state index contributed by atoms with van der Waals surface area (Å²) in [5, 5.41) is 13.5. The third-order valence-electron chi connectivity index (χ3n) is 5.15. The highest BCUT2D eigenvalue weighted by molar-refractivity contribution is 8.42. The van der Waals surface area contributed by atoms with Gasteiger partial charge in [0.2, 0.25) is 19.4 Å².